The highest BCUT2D eigenvalue weighted by atomic mass is 16.7. The lowest BCUT2D eigenvalue weighted by Gasteiger charge is -2.44. The van der Waals surface area contributed by atoms with Crippen molar-refractivity contribution in [3.63, 3.8) is 0 Å². The van der Waals surface area contributed by atoms with Gasteiger partial charge in [-0.3, -0.25) is 24.0 Å². The number of ether oxygens (including phenoxy) is 7. The Morgan fingerprint density at radius 2 is 1.46 bits per heavy atom. The molecule has 0 aliphatic carbocycles. The monoisotopic (exact) mass is 552 g/mol. The number of ketones is 2. The van der Waals surface area contributed by atoms with Gasteiger partial charge in [0, 0.05) is 46.3 Å². The molecule has 0 bridgehead atoms. The normalized spacial score (nSPS) is 30.7. The van der Waals surface area contributed by atoms with Crippen molar-refractivity contribution in [2.45, 2.75) is 89.7 Å². The maximum atomic E-state index is 12.4. The van der Waals surface area contributed by atoms with Crippen LogP contribution in [-0.4, -0.2) is 84.8 Å². The summed E-state index contributed by atoms with van der Waals surface area (Å²) in [5.41, 5.74) is 0.388. The van der Waals surface area contributed by atoms with Crippen molar-refractivity contribution in [1.29, 1.82) is 0 Å². The van der Waals surface area contributed by atoms with Gasteiger partial charge in [0.25, 0.3) is 0 Å². The Kier molecular flexibility index (Phi) is 10.1. The van der Waals surface area contributed by atoms with Crippen LogP contribution < -0.4 is 4.74 Å². The lowest BCUT2D eigenvalue weighted by Crippen LogP contribution is -2.63. The maximum absolute atomic E-state index is 12.4. The van der Waals surface area contributed by atoms with E-state index in [1.165, 1.54) is 14.0 Å². The van der Waals surface area contributed by atoms with Gasteiger partial charge in [0.15, 0.2) is 30.4 Å². The average molecular weight is 553 g/mol. The number of methoxy groups -OCH3 is 1. The summed E-state index contributed by atoms with van der Waals surface area (Å²) >= 11 is 0. The van der Waals surface area contributed by atoms with Crippen LogP contribution in [0.5, 0.6) is 5.75 Å². The molecule has 0 radical (unpaired) electrons. The van der Waals surface area contributed by atoms with E-state index in [2.05, 4.69) is 0 Å². The number of esters is 3. The summed E-state index contributed by atoms with van der Waals surface area (Å²) in [5.74, 6) is -2.95. The molecule has 0 aromatic heterocycles. The number of hydrogen-bond acceptors (Lipinski definition) is 13. The molecule has 2 heterocycles. The third-order valence-corrected chi connectivity index (χ3v) is 6.00. The molecular formula is C26H32O13. The zero-order chi connectivity index (χ0) is 28.9. The fourth-order valence-corrected chi connectivity index (χ4v) is 4.48. The molecule has 0 saturated carbocycles. The number of aliphatic hydroxyl groups excluding tert-OH is 1. The molecule has 39 heavy (non-hydrogen) atoms. The van der Waals surface area contributed by atoms with Crippen molar-refractivity contribution in [2.75, 3.05) is 7.11 Å². The second-order valence-electron chi connectivity index (χ2n) is 9.17. The van der Waals surface area contributed by atoms with Gasteiger partial charge in [-0.05, 0) is 13.0 Å². The second-order valence-corrected chi connectivity index (χ2v) is 9.17. The molecule has 0 unspecified atom stereocenters. The fourth-order valence-electron chi connectivity index (χ4n) is 4.48. The van der Waals surface area contributed by atoms with E-state index in [4.69, 9.17) is 33.2 Å². The first kappa shape index (κ1) is 30.2. The van der Waals surface area contributed by atoms with Gasteiger partial charge in [-0.1, -0.05) is 18.2 Å². The van der Waals surface area contributed by atoms with Gasteiger partial charge in [0.05, 0.1) is 6.10 Å². The summed E-state index contributed by atoms with van der Waals surface area (Å²) < 4.78 is 39.2. The molecule has 1 aromatic carbocycles. The van der Waals surface area contributed by atoms with Crippen LogP contribution >= 0.6 is 0 Å². The van der Waals surface area contributed by atoms with Crippen molar-refractivity contribution in [1.82, 2.24) is 0 Å². The molecule has 2 fully saturated rings. The molecule has 2 aliphatic rings. The van der Waals surface area contributed by atoms with E-state index in [-0.39, 0.29) is 24.4 Å². The van der Waals surface area contributed by atoms with Gasteiger partial charge in [-0.25, -0.2) is 0 Å². The highest BCUT2D eigenvalue weighted by molar-refractivity contribution is 5.84. The number of aliphatic hydroxyl groups is 1. The van der Waals surface area contributed by atoms with E-state index in [1.807, 2.05) is 0 Å². The first-order valence-corrected chi connectivity index (χ1v) is 12.2. The Morgan fingerprint density at radius 3 is 2.05 bits per heavy atom. The Balaban J connectivity index is 2.01. The molecular weight excluding hydrogens is 520 g/mol. The number of carbonyl (C=O) groups excluding carboxylic acids is 5. The quantitative estimate of drug-likeness (QED) is 0.339. The molecule has 0 amide bonds. The number of hydrogen-bond donors (Lipinski definition) is 1. The first-order chi connectivity index (χ1) is 18.4. The number of rotatable bonds is 9. The molecule has 3 rings (SSSR count). The second kappa shape index (κ2) is 13.1. The van der Waals surface area contributed by atoms with Crippen LogP contribution in [0.3, 0.4) is 0 Å². The molecule has 1 aromatic rings. The summed E-state index contributed by atoms with van der Waals surface area (Å²) in [4.78, 5) is 60.4. The Hall–Kier alpha value is -3.39. The minimum Gasteiger partial charge on any atom is -0.460 e. The standard InChI is InChI=1S/C26H32O13/c1-12(27)10-20-22(34-13(2)28)23(35-14(3)29)24(36-15(4)30)26(39-20)37-18-9-7-6-8-16(18)19-11-17(31)21(32)25(33-5)38-19/h6-9,19-26,32H,10-11H2,1-5H3/t19-,20+,21-,22-,23-,24-,25+,26+/m0/s1. The number of para-hydroxylation sites is 1. The molecule has 2 saturated heterocycles. The summed E-state index contributed by atoms with van der Waals surface area (Å²) in [6.07, 6.45) is -10.6. The predicted octanol–water partition coefficient (Wildman–Crippen LogP) is 0.928. The SMILES string of the molecule is CO[C@@H]1O[C@H](c2ccccc2O[C@@H]2O[C@H](CC(C)=O)[C@H](OC(C)=O)[C@H](OC(C)=O)[C@@H]2OC(C)=O)CC(=O)[C@@H]1O. The zero-order valence-electron chi connectivity index (χ0n) is 22.2. The summed E-state index contributed by atoms with van der Waals surface area (Å²) in [6, 6.07) is 6.47. The Morgan fingerprint density at radius 1 is 0.872 bits per heavy atom. The third-order valence-electron chi connectivity index (χ3n) is 6.00. The van der Waals surface area contributed by atoms with Gasteiger partial charge >= 0.3 is 17.9 Å². The fraction of sp³-hybridized carbons (Fsp3) is 0.577. The summed E-state index contributed by atoms with van der Waals surface area (Å²) in [7, 11) is 1.29. The lowest BCUT2D eigenvalue weighted by molar-refractivity contribution is -0.283. The van der Waals surface area contributed by atoms with Crippen molar-refractivity contribution in [3.8, 4) is 5.75 Å². The molecule has 1 N–H and O–H groups in total. The van der Waals surface area contributed by atoms with Gasteiger partial charge in [0.1, 0.15) is 17.6 Å². The van der Waals surface area contributed by atoms with Gasteiger partial charge in [-0.2, -0.15) is 0 Å². The van der Waals surface area contributed by atoms with Crippen LogP contribution in [0.15, 0.2) is 24.3 Å². The minimum atomic E-state index is -1.45. The molecule has 0 spiro atoms. The molecule has 214 valence electrons. The Bertz CT molecular complexity index is 1090. The smallest absolute Gasteiger partial charge is 0.303 e. The third kappa shape index (κ3) is 7.60. The van der Waals surface area contributed by atoms with Crippen molar-refractivity contribution in [2.24, 2.45) is 0 Å². The van der Waals surface area contributed by atoms with Crippen molar-refractivity contribution >= 4 is 29.5 Å². The predicted molar refractivity (Wildman–Crippen MR) is 128 cm³/mol. The van der Waals surface area contributed by atoms with E-state index >= 15 is 0 Å². The topological polar surface area (TPSA) is 170 Å². The van der Waals surface area contributed by atoms with E-state index in [0.29, 0.717) is 5.56 Å². The minimum absolute atomic E-state index is 0.151. The van der Waals surface area contributed by atoms with Crippen molar-refractivity contribution < 1.29 is 62.2 Å². The van der Waals surface area contributed by atoms with Crippen molar-refractivity contribution in [3.05, 3.63) is 29.8 Å². The lowest BCUT2D eigenvalue weighted by atomic mass is 9.94. The number of carbonyl (C=O) groups is 5. The Labute approximate surface area is 224 Å². The molecule has 8 atom stereocenters. The summed E-state index contributed by atoms with van der Waals surface area (Å²) in [5, 5.41) is 10.0. The van der Waals surface area contributed by atoms with E-state index in [1.54, 1.807) is 24.3 Å². The summed E-state index contributed by atoms with van der Waals surface area (Å²) in [6.45, 7) is 4.67. The number of Topliss-reactive ketones (excluding diaryl/α,β-unsaturated/α-hetero) is 2. The van der Waals surface area contributed by atoms with E-state index in [9.17, 15) is 29.1 Å². The maximum Gasteiger partial charge on any atom is 0.303 e. The van der Waals surface area contributed by atoms with E-state index in [0.717, 1.165) is 20.8 Å². The largest absolute Gasteiger partial charge is 0.460 e. The van der Waals surface area contributed by atoms with Gasteiger partial charge in [0.2, 0.25) is 12.4 Å². The van der Waals surface area contributed by atoms with Crippen LogP contribution in [0.25, 0.3) is 0 Å². The van der Waals surface area contributed by atoms with E-state index < -0.39 is 72.9 Å². The molecule has 13 heteroatoms. The van der Waals surface area contributed by atoms with Crippen LogP contribution in [0.2, 0.25) is 0 Å². The zero-order valence-corrected chi connectivity index (χ0v) is 22.2. The number of benzene rings is 1. The van der Waals surface area contributed by atoms with Gasteiger partial charge < -0.3 is 38.3 Å². The van der Waals surface area contributed by atoms with Crippen LogP contribution in [0.4, 0.5) is 0 Å². The van der Waals surface area contributed by atoms with Crippen LogP contribution in [0, 0.1) is 0 Å². The van der Waals surface area contributed by atoms with Crippen LogP contribution in [0.1, 0.15) is 52.2 Å². The first-order valence-electron chi connectivity index (χ1n) is 12.2. The van der Waals surface area contributed by atoms with Gasteiger partial charge in [-0.15, -0.1) is 0 Å². The molecule has 13 nitrogen and oxygen atoms in total. The molecule has 2 aliphatic heterocycles. The highest BCUT2D eigenvalue weighted by Crippen LogP contribution is 2.38. The highest BCUT2D eigenvalue weighted by Gasteiger charge is 2.53. The average Bonchev–Trinajstić information content (AvgIpc) is 2.84. The van der Waals surface area contributed by atoms with Crippen LogP contribution in [-0.2, 0) is 52.4 Å².